The fraction of sp³-hybridized carbons (Fsp3) is 0.0476. The highest BCUT2D eigenvalue weighted by atomic mass is 19.1. The molecule has 0 atom stereocenters. The van der Waals surface area contributed by atoms with Crippen molar-refractivity contribution in [3.8, 4) is 16.8 Å². The standard InChI is InChI=1S/C21H14F2N2O2/c22-15-4-7-17(18(23)11-15)14-3-8-20-19(10-14)24-12-25(20)16-5-1-13(2-6-16)9-21(26)27/h1-8,10-12H,9H2,(H,26,27). The van der Waals surface area contributed by atoms with Crippen LogP contribution in [0.5, 0.6) is 0 Å². The van der Waals surface area contributed by atoms with Crippen molar-refractivity contribution in [3.05, 3.63) is 84.2 Å². The van der Waals surface area contributed by atoms with Gasteiger partial charge in [-0.3, -0.25) is 9.36 Å². The van der Waals surface area contributed by atoms with Gasteiger partial charge in [0.1, 0.15) is 18.0 Å². The molecule has 0 spiro atoms. The number of aliphatic carboxylic acids is 1. The summed E-state index contributed by atoms with van der Waals surface area (Å²) in [5, 5.41) is 8.85. The van der Waals surface area contributed by atoms with E-state index in [0.717, 1.165) is 17.3 Å². The molecule has 0 saturated heterocycles. The molecule has 1 aromatic heterocycles. The second-order valence-corrected chi connectivity index (χ2v) is 6.18. The van der Waals surface area contributed by atoms with Gasteiger partial charge in [-0.25, -0.2) is 13.8 Å². The molecule has 0 aliphatic heterocycles. The van der Waals surface area contributed by atoms with Crippen LogP contribution in [0, 0.1) is 11.6 Å². The molecule has 4 rings (SSSR count). The molecule has 6 heteroatoms. The lowest BCUT2D eigenvalue weighted by Crippen LogP contribution is -2.00. The minimum atomic E-state index is -0.878. The van der Waals surface area contributed by atoms with Gasteiger partial charge < -0.3 is 5.11 Å². The number of aromatic nitrogens is 2. The normalized spacial score (nSPS) is 11.0. The zero-order valence-electron chi connectivity index (χ0n) is 14.1. The Kier molecular flexibility index (Phi) is 4.16. The van der Waals surface area contributed by atoms with Gasteiger partial charge in [0.25, 0.3) is 0 Å². The molecule has 0 saturated carbocycles. The van der Waals surface area contributed by atoms with Crippen LogP contribution in [0.2, 0.25) is 0 Å². The number of carboxylic acid groups (broad SMARTS) is 1. The zero-order chi connectivity index (χ0) is 19.0. The summed E-state index contributed by atoms with van der Waals surface area (Å²) in [6.45, 7) is 0. The maximum Gasteiger partial charge on any atom is 0.307 e. The van der Waals surface area contributed by atoms with Gasteiger partial charge >= 0.3 is 5.97 Å². The van der Waals surface area contributed by atoms with Crippen LogP contribution in [0.15, 0.2) is 67.0 Å². The summed E-state index contributed by atoms with van der Waals surface area (Å²) in [5.41, 5.74) is 3.98. The molecular formula is C21H14F2N2O2. The van der Waals surface area contributed by atoms with Gasteiger partial charge in [-0.2, -0.15) is 0 Å². The second-order valence-electron chi connectivity index (χ2n) is 6.18. The molecule has 0 aliphatic rings. The molecule has 4 nitrogen and oxygen atoms in total. The summed E-state index contributed by atoms with van der Waals surface area (Å²) in [7, 11) is 0. The minimum absolute atomic E-state index is 0.0302. The summed E-state index contributed by atoms with van der Waals surface area (Å²) >= 11 is 0. The number of carbonyl (C=O) groups is 1. The van der Waals surface area contributed by atoms with Crippen molar-refractivity contribution < 1.29 is 18.7 Å². The van der Waals surface area contributed by atoms with Crippen molar-refractivity contribution in [2.45, 2.75) is 6.42 Å². The average Bonchev–Trinajstić information content (AvgIpc) is 3.05. The molecule has 0 fully saturated rings. The number of imidazole rings is 1. The van der Waals surface area contributed by atoms with Crippen LogP contribution in [0.3, 0.4) is 0 Å². The molecule has 0 aliphatic carbocycles. The molecule has 3 aromatic carbocycles. The number of benzene rings is 3. The lowest BCUT2D eigenvalue weighted by atomic mass is 10.0. The van der Waals surface area contributed by atoms with Crippen LogP contribution in [-0.2, 0) is 11.2 Å². The number of hydrogen-bond donors (Lipinski definition) is 1. The Hall–Kier alpha value is -3.54. The van der Waals surface area contributed by atoms with Crippen molar-refractivity contribution >= 4 is 17.0 Å². The minimum Gasteiger partial charge on any atom is -0.481 e. The number of halogens is 2. The first-order chi connectivity index (χ1) is 13.0. The van der Waals surface area contributed by atoms with Gasteiger partial charge in [0, 0.05) is 17.3 Å². The second kappa shape index (κ2) is 6.64. The van der Waals surface area contributed by atoms with Crippen molar-refractivity contribution in [3.63, 3.8) is 0 Å². The molecule has 0 unspecified atom stereocenters. The lowest BCUT2D eigenvalue weighted by molar-refractivity contribution is -0.136. The van der Waals surface area contributed by atoms with E-state index in [4.69, 9.17) is 5.11 Å². The third-order valence-electron chi connectivity index (χ3n) is 4.36. The van der Waals surface area contributed by atoms with E-state index >= 15 is 0 Å². The number of hydrogen-bond acceptors (Lipinski definition) is 2. The van der Waals surface area contributed by atoms with Crippen molar-refractivity contribution in [1.82, 2.24) is 9.55 Å². The molecule has 27 heavy (non-hydrogen) atoms. The van der Waals surface area contributed by atoms with Gasteiger partial charge in [0.15, 0.2) is 0 Å². The highest BCUT2D eigenvalue weighted by Crippen LogP contribution is 2.28. The third kappa shape index (κ3) is 3.29. The topological polar surface area (TPSA) is 55.1 Å². The van der Waals surface area contributed by atoms with Crippen LogP contribution in [0.25, 0.3) is 27.8 Å². The van der Waals surface area contributed by atoms with Gasteiger partial charge in [0.2, 0.25) is 0 Å². The van der Waals surface area contributed by atoms with E-state index in [-0.39, 0.29) is 6.42 Å². The Morgan fingerprint density at radius 1 is 1.00 bits per heavy atom. The summed E-state index contributed by atoms with van der Waals surface area (Å²) in [6, 6.07) is 16.0. The van der Waals surface area contributed by atoms with E-state index in [1.54, 1.807) is 30.6 Å². The maximum atomic E-state index is 14.0. The summed E-state index contributed by atoms with van der Waals surface area (Å²) in [5.74, 6) is -2.12. The Labute approximate surface area is 153 Å². The van der Waals surface area contributed by atoms with Crippen LogP contribution in [-0.4, -0.2) is 20.6 Å². The first-order valence-corrected chi connectivity index (χ1v) is 8.25. The molecule has 0 amide bonds. The number of rotatable bonds is 4. The fourth-order valence-electron chi connectivity index (χ4n) is 3.06. The van der Waals surface area contributed by atoms with E-state index in [1.807, 2.05) is 22.8 Å². The van der Waals surface area contributed by atoms with Crippen molar-refractivity contribution in [2.75, 3.05) is 0 Å². The quantitative estimate of drug-likeness (QED) is 0.576. The summed E-state index contributed by atoms with van der Waals surface area (Å²) in [4.78, 5) is 15.2. The fourth-order valence-corrected chi connectivity index (χ4v) is 3.06. The highest BCUT2D eigenvalue weighted by molar-refractivity contribution is 5.83. The third-order valence-corrected chi connectivity index (χ3v) is 4.36. The molecular weight excluding hydrogens is 350 g/mol. The van der Waals surface area contributed by atoms with Crippen LogP contribution in [0.4, 0.5) is 8.78 Å². The van der Waals surface area contributed by atoms with E-state index < -0.39 is 17.6 Å². The van der Waals surface area contributed by atoms with Gasteiger partial charge in [-0.1, -0.05) is 18.2 Å². The van der Waals surface area contributed by atoms with Crippen LogP contribution >= 0.6 is 0 Å². The van der Waals surface area contributed by atoms with Gasteiger partial charge in [-0.15, -0.1) is 0 Å². The van der Waals surface area contributed by atoms with Gasteiger partial charge in [-0.05, 0) is 47.5 Å². The number of fused-ring (bicyclic) bond motifs is 1. The summed E-state index contributed by atoms with van der Waals surface area (Å²) in [6.07, 6.45) is 1.62. The Morgan fingerprint density at radius 2 is 1.78 bits per heavy atom. The monoisotopic (exact) mass is 364 g/mol. The molecule has 134 valence electrons. The first kappa shape index (κ1) is 16.9. The van der Waals surface area contributed by atoms with Crippen molar-refractivity contribution in [2.24, 2.45) is 0 Å². The molecule has 1 heterocycles. The van der Waals surface area contributed by atoms with E-state index in [0.29, 0.717) is 22.2 Å². The summed E-state index contributed by atoms with van der Waals surface area (Å²) < 4.78 is 29.0. The molecule has 0 bridgehead atoms. The smallest absolute Gasteiger partial charge is 0.307 e. The number of carboxylic acids is 1. The van der Waals surface area contributed by atoms with Crippen LogP contribution < -0.4 is 0 Å². The highest BCUT2D eigenvalue weighted by Gasteiger charge is 2.10. The predicted octanol–water partition coefficient (Wildman–Crippen LogP) is 4.60. The SMILES string of the molecule is O=C(O)Cc1ccc(-n2cnc3cc(-c4ccc(F)cc4F)ccc32)cc1. The van der Waals surface area contributed by atoms with E-state index in [1.165, 1.54) is 12.1 Å². The lowest BCUT2D eigenvalue weighted by Gasteiger charge is -2.07. The molecule has 4 aromatic rings. The molecule has 1 N–H and O–H groups in total. The van der Waals surface area contributed by atoms with Crippen molar-refractivity contribution in [1.29, 1.82) is 0 Å². The Morgan fingerprint density at radius 3 is 2.48 bits per heavy atom. The predicted molar refractivity (Wildman–Crippen MR) is 97.8 cm³/mol. The maximum absolute atomic E-state index is 14.0. The van der Waals surface area contributed by atoms with E-state index in [9.17, 15) is 13.6 Å². The first-order valence-electron chi connectivity index (χ1n) is 8.25. The van der Waals surface area contributed by atoms with Crippen LogP contribution in [0.1, 0.15) is 5.56 Å². The average molecular weight is 364 g/mol. The molecule has 0 radical (unpaired) electrons. The Bertz CT molecular complexity index is 1150. The van der Waals surface area contributed by atoms with Gasteiger partial charge in [0.05, 0.1) is 17.5 Å². The zero-order valence-corrected chi connectivity index (χ0v) is 14.1. The Balaban J connectivity index is 1.71. The number of nitrogens with zero attached hydrogens (tertiary/aromatic N) is 2. The largest absolute Gasteiger partial charge is 0.481 e. The van der Waals surface area contributed by atoms with E-state index in [2.05, 4.69) is 4.98 Å².